The van der Waals surface area contributed by atoms with E-state index < -0.39 is 27.6 Å². The van der Waals surface area contributed by atoms with Crippen molar-refractivity contribution in [2.45, 2.75) is 4.90 Å². The molecule has 3 aromatic rings. The van der Waals surface area contributed by atoms with Crippen molar-refractivity contribution in [2.75, 3.05) is 11.8 Å². The van der Waals surface area contributed by atoms with Crippen LogP contribution in [0.25, 0.3) is 11.1 Å². The zero-order valence-corrected chi connectivity index (χ0v) is 15.5. The van der Waals surface area contributed by atoms with E-state index in [9.17, 15) is 22.0 Å². The van der Waals surface area contributed by atoms with Crippen LogP contribution in [0.4, 0.5) is 14.5 Å². The lowest BCUT2D eigenvalue weighted by Gasteiger charge is -2.11. The molecule has 27 heavy (non-hydrogen) atoms. The Hall–Kier alpha value is -2.78. The van der Waals surface area contributed by atoms with E-state index in [4.69, 9.17) is 0 Å². The van der Waals surface area contributed by atoms with E-state index in [-0.39, 0.29) is 15.5 Å². The molecular formula is C18H13F2NO4S2. The van der Waals surface area contributed by atoms with Gasteiger partial charge < -0.3 is 4.74 Å². The second-order valence-corrected chi connectivity index (χ2v) is 7.90. The highest BCUT2D eigenvalue weighted by molar-refractivity contribution is 7.93. The lowest BCUT2D eigenvalue weighted by molar-refractivity contribution is 0.0602. The summed E-state index contributed by atoms with van der Waals surface area (Å²) in [6, 6.07) is 11.2. The predicted molar refractivity (Wildman–Crippen MR) is 98.3 cm³/mol. The van der Waals surface area contributed by atoms with E-state index in [0.717, 1.165) is 36.6 Å². The molecule has 0 bridgehead atoms. The number of ether oxygens (including phenoxy) is 1. The number of rotatable bonds is 5. The van der Waals surface area contributed by atoms with Gasteiger partial charge in [-0.15, -0.1) is 11.3 Å². The first-order chi connectivity index (χ1) is 12.8. The van der Waals surface area contributed by atoms with Crippen molar-refractivity contribution in [3.63, 3.8) is 0 Å². The number of esters is 1. The van der Waals surface area contributed by atoms with Gasteiger partial charge in [0.25, 0.3) is 10.0 Å². The summed E-state index contributed by atoms with van der Waals surface area (Å²) in [6.45, 7) is 0. The van der Waals surface area contributed by atoms with E-state index in [0.29, 0.717) is 11.1 Å². The molecule has 9 heteroatoms. The summed E-state index contributed by atoms with van der Waals surface area (Å²) in [4.78, 5) is 11.7. The third-order valence-electron chi connectivity index (χ3n) is 3.64. The second-order valence-electron chi connectivity index (χ2n) is 5.40. The topological polar surface area (TPSA) is 72.5 Å². The molecule has 140 valence electrons. The average molecular weight is 409 g/mol. The third kappa shape index (κ3) is 3.83. The zero-order valence-electron chi connectivity index (χ0n) is 13.9. The van der Waals surface area contributed by atoms with E-state index in [1.54, 1.807) is 30.3 Å². The van der Waals surface area contributed by atoms with Crippen LogP contribution in [0.15, 0.2) is 58.8 Å². The van der Waals surface area contributed by atoms with Crippen LogP contribution >= 0.6 is 11.3 Å². The summed E-state index contributed by atoms with van der Waals surface area (Å²) in [7, 11) is -3.15. The van der Waals surface area contributed by atoms with E-state index >= 15 is 0 Å². The van der Waals surface area contributed by atoms with Gasteiger partial charge in [0, 0.05) is 17.0 Å². The number of nitrogens with one attached hydrogen (secondary N) is 1. The van der Waals surface area contributed by atoms with Gasteiger partial charge in [-0.1, -0.05) is 30.3 Å². The van der Waals surface area contributed by atoms with Crippen LogP contribution in [0.3, 0.4) is 0 Å². The highest BCUT2D eigenvalue weighted by atomic mass is 32.2. The van der Waals surface area contributed by atoms with Crippen molar-refractivity contribution < 1.29 is 26.7 Å². The summed E-state index contributed by atoms with van der Waals surface area (Å²) in [5.74, 6) is -3.11. The van der Waals surface area contributed by atoms with E-state index in [2.05, 4.69) is 9.46 Å². The smallest absolute Gasteiger partial charge is 0.349 e. The summed E-state index contributed by atoms with van der Waals surface area (Å²) < 4.78 is 59.3. The number of hydrogen-bond acceptors (Lipinski definition) is 5. The Balaban J connectivity index is 2.13. The molecule has 3 rings (SSSR count). The van der Waals surface area contributed by atoms with Crippen molar-refractivity contribution in [2.24, 2.45) is 0 Å². The number of carbonyl (C=O) groups is 1. The molecule has 1 heterocycles. The highest BCUT2D eigenvalue weighted by Crippen LogP contribution is 2.36. The summed E-state index contributed by atoms with van der Waals surface area (Å²) in [5, 5.41) is 1.53. The maximum absolute atomic E-state index is 13.4. The Morgan fingerprint density at radius 1 is 1.07 bits per heavy atom. The first-order valence-electron chi connectivity index (χ1n) is 7.56. The largest absolute Gasteiger partial charge is 0.465 e. The Labute approximate surface area is 158 Å². The summed E-state index contributed by atoms with van der Waals surface area (Å²) >= 11 is 0.919. The quantitative estimate of drug-likeness (QED) is 0.639. The number of carbonyl (C=O) groups excluding carboxylic acids is 1. The maximum Gasteiger partial charge on any atom is 0.349 e. The van der Waals surface area contributed by atoms with Crippen molar-refractivity contribution >= 4 is 33.0 Å². The number of benzene rings is 2. The predicted octanol–water partition coefficient (Wildman–Crippen LogP) is 4.28. The fourth-order valence-corrected chi connectivity index (χ4v) is 5.20. The number of sulfonamides is 1. The van der Waals surface area contributed by atoms with Crippen molar-refractivity contribution in [3.05, 3.63) is 70.4 Å². The highest BCUT2D eigenvalue weighted by Gasteiger charge is 2.30. The lowest BCUT2D eigenvalue weighted by Crippen LogP contribution is -2.17. The molecule has 0 atom stereocenters. The van der Waals surface area contributed by atoms with Crippen LogP contribution in [0.2, 0.25) is 0 Å². The molecule has 0 spiro atoms. The van der Waals surface area contributed by atoms with Gasteiger partial charge in [0.2, 0.25) is 0 Å². The van der Waals surface area contributed by atoms with Crippen LogP contribution in [-0.2, 0) is 14.8 Å². The minimum Gasteiger partial charge on any atom is -0.465 e. The van der Waals surface area contributed by atoms with Gasteiger partial charge in [0.1, 0.15) is 9.77 Å². The molecule has 0 aliphatic rings. The minimum absolute atomic E-state index is 0.119. The molecule has 0 aliphatic carbocycles. The second kappa shape index (κ2) is 7.45. The average Bonchev–Trinajstić information content (AvgIpc) is 3.11. The Kier molecular flexibility index (Phi) is 5.24. The number of thiophene rings is 1. The minimum atomic E-state index is -4.29. The summed E-state index contributed by atoms with van der Waals surface area (Å²) in [6.07, 6.45) is 0. The van der Waals surface area contributed by atoms with Crippen LogP contribution in [0.1, 0.15) is 9.67 Å². The van der Waals surface area contributed by atoms with Gasteiger partial charge in [-0.25, -0.2) is 22.0 Å². The monoisotopic (exact) mass is 409 g/mol. The Morgan fingerprint density at radius 2 is 1.78 bits per heavy atom. The molecule has 5 nitrogen and oxygen atoms in total. The molecule has 0 fully saturated rings. The van der Waals surface area contributed by atoms with Crippen molar-refractivity contribution in [1.82, 2.24) is 0 Å². The SMILES string of the molecule is COC(=O)c1scc(-c2ccccc2)c1S(=O)(=O)Nc1ccc(F)c(F)c1. The molecule has 1 aromatic heterocycles. The third-order valence-corrected chi connectivity index (χ3v) is 6.20. The first-order valence-corrected chi connectivity index (χ1v) is 9.93. The van der Waals surface area contributed by atoms with E-state index in [1.165, 1.54) is 5.38 Å². The molecule has 0 amide bonds. The number of halogens is 2. The number of anilines is 1. The first kappa shape index (κ1) is 19.0. The molecule has 2 aromatic carbocycles. The standard InChI is InChI=1S/C18H13F2NO4S2/c1-25-18(22)16-17(13(10-26-16)11-5-3-2-4-6-11)27(23,24)21-12-7-8-14(19)15(20)9-12/h2-10,21H,1H3. The van der Waals surface area contributed by atoms with Crippen LogP contribution < -0.4 is 4.72 Å². The molecular weight excluding hydrogens is 396 g/mol. The Bertz CT molecular complexity index is 1100. The number of methoxy groups -OCH3 is 1. The normalized spacial score (nSPS) is 11.2. The van der Waals surface area contributed by atoms with Gasteiger partial charge in [-0.2, -0.15) is 0 Å². The summed E-state index contributed by atoms with van der Waals surface area (Å²) in [5.41, 5.74) is 0.709. The molecule has 0 saturated carbocycles. The number of hydrogen-bond donors (Lipinski definition) is 1. The van der Waals surface area contributed by atoms with E-state index in [1.807, 2.05) is 0 Å². The van der Waals surface area contributed by atoms with Crippen molar-refractivity contribution in [1.29, 1.82) is 0 Å². The van der Waals surface area contributed by atoms with Gasteiger partial charge in [-0.3, -0.25) is 4.72 Å². The van der Waals surface area contributed by atoms with Crippen LogP contribution in [-0.4, -0.2) is 21.5 Å². The van der Waals surface area contributed by atoms with Gasteiger partial charge in [0.15, 0.2) is 11.6 Å². The maximum atomic E-state index is 13.4. The van der Waals surface area contributed by atoms with Gasteiger partial charge in [0.05, 0.1) is 12.8 Å². The Morgan fingerprint density at radius 3 is 2.41 bits per heavy atom. The molecule has 0 radical (unpaired) electrons. The lowest BCUT2D eigenvalue weighted by atomic mass is 10.1. The van der Waals surface area contributed by atoms with Crippen LogP contribution in [0, 0.1) is 11.6 Å². The zero-order chi connectivity index (χ0) is 19.6. The molecule has 1 N–H and O–H groups in total. The van der Waals surface area contributed by atoms with Gasteiger partial charge in [-0.05, 0) is 17.7 Å². The fourth-order valence-electron chi connectivity index (χ4n) is 2.43. The molecule has 0 aliphatic heterocycles. The molecule has 0 saturated heterocycles. The van der Waals surface area contributed by atoms with Gasteiger partial charge >= 0.3 is 5.97 Å². The molecule has 0 unspecified atom stereocenters. The fraction of sp³-hybridized carbons (Fsp3) is 0.0556. The van der Waals surface area contributed by atoms with Crippen molar-refractivity contribution in [3.8, 4) is 11.1 Å². The van der Waals surface area contributed by atoms with Crippen LogP contribution in [0.5, 0.6) is 0 Å².